The number of morpholine rings is 1. The van der Waals surface area contributed by atoms with Crippen molar-refractivity contribution in [3.63, 3.8) is 0 Å². The van der Waals surface area contributed by atoms with Gasteiger partial charge < -0.3 is 15.0 Å². The highest BCUT2D eigenvalue weighted by molar-refractivity contribution is 5.78. The lowest BCUT2D eigenvalue weighted by Gasteiger charge is -2.29. The Labute approximate surface area is 132 Å². The lowest BCUT2D eigenvalue weighted by molar-refractivity contribution is -0.126. The minimum Gasteiger partial charge on any atom is -0.378 e. The lowest BCUT2D eigenvalue weighted by Crippen LogP contribution is -2.36. The van der Waals surface area contributed by atoms with Crippen LogP contribution in [0.4, 0.5) is 5.69 Å². The van der Waals surface area contributed by atoms with E-state index in [1.165, 1.54) is 30.5 Å². The Hall–Kier alpha value is -1.55. The Balaban J connectivity index is 1.49. The van der Waals surface area contributed by atoms with Gasteiger partial charge in [0, 0.05) is 31.2 Å². The van der Waals surface area contributed by atoms with Gasteiger partial charge in [-0.1, -0.05) is 31.4 Å². The second-order valence-electron chi connectivity index (χ2n) is 6.32. The van der Waals surface area contributed by atoms with Crippen LogP contribution in [0.3, 0.4) is 0 Å². The van der Waals surface area contributed by atoms with E-state index < -0.39 is 0 Å². The smallest absolute Gasteiger partial charge is 0.223 e. The molecule has 1 saturated carbocycles. The van der Waals surface area contributed by atoms with E-state index in [9.17, 15) is 4.79 Å². The molecule has 0 atom stereocenters. The van der Waals surface area contributed by atoms with E-state index in [1.54, 1.807) is 0 Å². The summed E-state index contributed by atoms with van der Waals surface area (Å²) in [6.07, 6.45) is 5.80. The molecule has 0 aromatic heterocycles. The summed E-state index contributed by atoms with van der Waals surface area (Å²) >= 11 is 0. The van der Waals surface area contributed by atoms with Crippen LogP contribution in [0.5, 0.6) is 0 Å². The maximum atomic E-state index is 12.2. The van der Waals surface area contributed by atoms with E-state index in [4.69, 9.17) is 4.74 Å². The maximum absolute atomic E-state index is 12.2. The monoisotopic (exact) mass is 302 g/mol. The van der Waals surface area contributed by atoms with Crippen LogP contribution in [-0.2, 0) is 16.1 Å². The van der Waals surface area contributed by atoms with Crippen LogP contribution < -0.4 is 10.2 Å². The summed E-state index contributed by atoms with van der Waals surface area (Å²) < 4.78 is 5.38. The zero-order chi connectivity index (χ0) is 15.2. The second kappa shape index (κ2) is 7.63. The fourth-order valence-corrected chi connectivity index (χ4v) is 3.34. The number of rotatable bonds is 4. The van der Waals surface area contributed by atoms with Crippen molar-refractivity contribution in [2.45, 2.75) is 38.6 Å². The van der Waals surface area contributed by atoms with Gasteiger partial charge in [-0.3, -0.25) is 4.79 Å². The third-order valence-electron chi connectivity index (χ3n) is 4.76. The zero-order valence-electron chi connectivity index (χ0n) is 13.2. The molecule has 1 N–H and O–H groups in total. The average Bonchev–Trinajstić information content (AvgIpc) is 2.61. The molecule has 1 aliphatic carbocycles. The van der Waals surface area contributed by atoms with E-state index >= 15 is 0 Å². The fraction of sp³-hybridized carbons (Fsp3) is 0.611. The van der Waals surface area contributed by atoms with Crippen molar-refractivity contribution in [1.82, 2.24) is 5.32 Å². The van der Waals surface area contributed by atoms with Crippen LogP contribution in [0.15, 0.2) is 24.3 Å². The van der Waals surface area contributed by atoms with Crippen LogP contribution >= 0.6 is 0 Å². The van der Waals surface area contributed by atoms with Gasteiger partial charge in [-0.05, 0) is 30.5 Å². The van der Waals surface area contributed by atoms with Gasteiger partial charge in [-0.2, -0.15) is 0 Å². The van der Waals surface area contributed by atoms with Gasteiger partial charge in [-0.15, -0.1) is 0 Å². The van der Waals surface area contributed by atoms with Crippen molar-refractivity contribution >= 4 is 11.6 Å². The molecule has 0 bridgehead atoms. The standard InChI is InChI=1S/C18H26N2O2/c21-18(16-4-2-1-3-5-16)19-14-15-6-8-17(9-7-15)20-10-12-22-13-11-20/h6-9,16H,1-5,10-14H2,(H,19,21). The van der Waals surface area contributed by atoms with Gasteiger partial charge in [-0.25, -0.2) is 0 Å². The molecule has 0 spiro atoms. The largest absolute Gasteiger partial charge is 0.378 e. The van der Waals surface area contributed by atoms with Gasteiger partial charge in [0.15, 0.2) is 0 Å². The van der Waals surface area contributed by atoms with Gasteiger partial charge in [0.2, 0.25) is 5.91 Å². The molecule has 1 saturated heterocycles. The molecule has 3 rings (SSSR count). The first-order valence-electron chi connectivity index (χ1n) is 8.52. The van der Waals surface area contributed by atoms with Crippen LogP contribution in [0.25, 0.3) is 0 Å². The number of hydrogen-bond donors (Lipinski definition) is 1. The Morgan fingerprint density at radius 2 is 1.77 bits per heavy atom. The van der Waals surface area contributed by atoms with Crippen LogP contribution in [-0.4, -0.2) is 32.2 Å². The van der Waals surface area contributed by atoms with Gasteiger partial charge in [0.05, 0.1) is 13.2 Å². The number of benzene rings is 1. The first kappa shape index (κ1) is 15.3. The van der Waals surface area contributed by atoms with Crippen molar-refractivity contribution in [2.24, 2.45) is 5.92 Å². The second-order valence-corrected chi connectivity index (χ2v) is 6.32. The van der Waals surface area contributed by atoms with Crippen LogP contribution in [0.2, 0.25) is 0 Å². The van der Waals surface area contributed by atoms with Crippen molar-refractivity contribution in [2.75, 3.05) is 31.2 Å². The summed E-state index contributed by atoms with van der Waals surface area (Å²) in [6.45, 7) is 4.16. The highest BCUT2D eigenvalue weighted by atomic mass is 16.5. The molecule has 2 fully saturated rings. The van der Waals surface area contributed by atoms with E-state index in [1.807, 2.05) is 0 Å². The summed E-state index contributed by atoms with van der Waals surface area (Å²) in [7, 11) is 0. The van der Waals surface area contributed by atoms with Crippen molar-refractivity contribution in [3.8, 4) is 0 Å². The third-order valence-corrected chi connectivity index (χ3v) is 4.76. The number of hydrogen-bond acceptors (Lipinski definition) is 3. The molecule has 0 unspecified atom stereocenters. The summed E-state index contributed by atoms with van der Waals surface area (Å²) in [6, 6.07) is 8.53. The maximum Gasteiger partial charge on any atom is 0.223 e. The molecule has 0 radical (unpaired) electrons. The van der Waals surface area contributed by atoms with Gasteiger partial charge in [0.1, 0.15) is 0 Å². The van der Waals surface area contributed by atoms with Crippen molar-refractivity contribution < 1.29 is 9.53 Å². The van der Waals surface area contributed by atoms with Crippen molar-refractivity contribution in [1.29, 1.82) is 0 Å². The molecule has 4 heteroatoms. The number of carbonyl (C=O) groups excluding carboxylic acids is 1. The molecule has 1 aliphatic heterocycles. The van der Waals surface area contributed by atoms with Crippen molar-refractivity contribution in [3.05, 3.63) is 29.8 Å². The fourth-order valence-electron chi connectivity index (χ4n) is 3.34. The molecule has 22 heavy (non-hydrogen) atoms. The lowest BCUT2D eigenvalue weighted by atomic mass is 9.88. The number of anilines is 1. The highest BCUT2D eigenvalue weighted by Crippen LogP contribution is 2.23. The minimum atomic E-state index is 0.233. The topological polar surface area (TPSA) is 41.6 Å². The summed E-state index contributed by atoms with van der Waals surface area (Å²) in [5.41, 5.74) is 2.41. The zero-order valence-corrected chi connectivity index (χ0v) is 13.2. The third kappa shape index (κ3) is 4.01. The number of nitrogens with zero attached hydrogens (tertiary/aromatic N) is 1. The van der Waals surface area contributed by atoms with Gasteiger partial charge in [0.25, 0.3) is 0 Å². The first-order valence-corrected chi connectivity index (χ1v) is 8.52. The Morgan fingerprint density at radius 3 is 2.45 bits per heavy atom. The molecule has 1 aromatic carbocycles. The van der Waals surface area contributed by atoms with Crippen LogP contribution in [0, 0.1) is 5.92 Å². The number of ether oxygens (including phenoxy) is 1. The van der Waals surface area contributed by atoms with E-state index in [0.717, 1.165) is 39.1 Å². The number of carbonyl (C=O) groups is 1. The van der Waals surface area contributed by atoms with Crippen LogP contribution in [0.1, 0.15) is 37.7 Å². The summed E-state index contributed by atoms with van der Waals surface area (Å²) in [5.74, 6) is 0.471. The SMILES string of the molecule is O=C(NCc1ccc(N2CCOCC2)cc1)C1CCCCC1. The molecule has 4 nitrogen and oxygen atoms in total. The number of amides is 1. The summed E-state index contributed by atoms with van der Waals surface area (Å²) in [5, 5.41) is 3.10. The highest BCUT2D eigenvalue weighted by Gasteiger charge is 2.20. The Bertz CT molecular complexity index is 474. The van der Waals surface area contributed by atoms with Gasteiger partial charge >= 0.3 is 0 Å². The molecule has 2 aliphatic rings. The van der Waals surface area contributed by atoms with E-state index in [2.05, 4.69) is 34.5 Å². The molecule has 1 heterocycles. The molecular weight excluding hydrogens is 276 g/mol. The molecular formula is C18H26N2O2. The molecule has 1 amide bonds. The molecule has 120 valence electrons. The first-order chi connectivity index (χ1) is 10.8. The predicted octanol–water partition coefficient (Wildman–Crippen LogP) is 2.72. The summed E-state index contributed by atoms with van der Waals surface area (Å²) in [4.78, 5) is 14.5. The quantitative estimate of drug-likeness (QED) is 0.930. The molecule has 1 aromatic rings. The number of nitrogens with one attached hydrogen (secondary N) is 1. The Morgan fingerprint density at radius 1 is 1.09 bits per heavy atom. The van der Waals surface area contributed by atoms with E-state index in [0.29, 0.717) is 6.54 Å². The average molecular weight is 302 g/mol. The van der Waals surface area contributed by atoms with E-state index in [-0.39, 0.29) is 11.8 Å². The Kier molecular flexibility index (Phi) is 5.33. The predicted molar refractivity (Wildman–Crippen MR) is 87.9 cm³/mol. The minimum absolute atomic E-state index is 0.233. The normalized spacial score (nSPS) is 19.9.